The molecule has 0 aliphatic carbocycles. The Morgan fingerprint density at radius 3 is 2.81 bits per heavy atom. The Balaban J connectivity index is 1.69. The molecule has 0 N–H and O–H groups in total. The number of rotatable bonds is 7. The first-order valence-electron chi connectivity index (χ1n) is 8.28. The third kappa shape index (κ3) is 4.48. The lowest BCUT2D eigenvalue weighted by Crippen LogP contribution is -2.38. The molecule has 0 unspecified atom stereocenters. The van der Waals surface area contributed by atoms with E-state index in [0.717, 1.165) is 40.7 Å². The Morgan fingerprint density at radius 2 is 2.08 bits per heavy atom. The molecule has 0 aromatic carbocycles. The zero-order valence-electron chi connectivity index (χ0n) is 14.3. The van der Waals surface area contributed by atoms with Gasteiger partial charge in [0.25, 0.3) is 0 Å². The van der Waals surface area contributed by atoms with Gasteiger partial charge in [0.05, 0.1) is 10.7 Å². The zero-order chi connectivity index (χ0) is 18.6. The lowest BCUT2D eigenvalue weighted by molar-refractivity contribution is 0.0470. The van der Waals surface area contributed by atoms with Gasteiger partial charge in [0, 0.05) is 30.0 Å². The second kappa shape index (κ2) is 8.83. The maximum Gasteiger partial charge on any atom is 0.350 e. The summed E-state index contributed by atoms with van der Waals surface area (Å²) in [6.07, 6.45) is 1.91. The molecule has 10 heteroatoms. The predicted molar refractivity (Wildman–Crippen MR) is 106 cm³/mol. The van der Waals surface area contributed by atoms with E-state index < -0.39 is 16.0 Å². The fraction of sp³-hybridized carbons (Fsp3) is 0.500. The molecule has 0 saturated carbocycles. The summed E-state index contributed by atoms with van der Waals surface area (Å²) in [7, 11) is -3.66. The number of thioether (sulfide) groups is 1. The molecule has 142 valence electrons. The summed E-state index contributed by atoms with van der Waals surface area (Å²) in [5, 5.41) is 4.50. The van der Waals surface area contributed by atoms with Crippen LogP contribution in [0.25, 0.3) is 0 Å². The van der Waals surface area contributed by atoms with Crippen LogP contribution in [0.3, 0.4) is 0 Å². The third-order valence-corrected chi connectivity index (χ3v) is 8.68. The van der Waals surface area contributed by atoms with Crippen molar-refractivity contribution in [1.82, 2.24) is 9.29 Å². The molecular formula is C16H20N2O4S4. The van der Waals surface area contributed by atoms with Gasteiger partial charge in [0.15, 0.2) is 0 Å². The topological polar surface area (TPSA) is 76.6 Å². The number of carbonyl (C=O) groups is 1. The van der Waals surface area contributed by atoms with Crippen LogP contribution in [-0.4, -0.2) is 48.3 Å². The quantitative estimate of drug-likeness (QED) is 0.625. The molecule has 1 saturated heterocycles. The van der Waals surface area contributed by atoms with Crippen LogP contribution in [0.1, 0.15) is 33.7 Å². The number of ether oxygens (including phenoxy) is 1. The van der Waals surface area contributed by atoms with Crippen molar-refractivity contribution >= 4 is 50.4 Å². The van der Waals surface area contributed by atoms with Crippen LogP contribution in [0, 0.1) is 0 Å². The molecule has 2 aromatic heterocycles. The van der Waals surface area contributed by atoms with Gasteiger partial charge in [-0.15, -0.1) is 22.7 Å². The Labute approximate surface area is 165 Å². The van der Waals surface area contributed by atoms with Gasteiger partial charge in [-0.2, -0.15) is 16.1 Å². The number of thiazole rings is 1. The normalized spacial score (nSPS) is 15.9. The molecule has 2 aromatic rings. The maximum atomic E-state index is 12.8. The predicted octanol–water partition coefficient (Wildman–Crippen LogP) is 3.25. The number of carbonyl (C=O) groups excluding carboxylic acids is 1. The number of esters is 1. The van der Waals surface area contributed by atoms with Gasteiger partial charge in [-0.3, -0.25) is 0 Å². The van der Waals surface area contributed by atoms with Crippen molar-refractivity contribution in [3.63, 3.8) is 0 Å². The molecule has 26 heavy (non-hydrogen) atoms. The number of nitrogens with zero attached hydrogens (tertiary/aromatic N) is 2. The number of aromatic nitrogens is 1. The van der Waals surface area contributed by atoms with E-state index in [2.05, 4.69) is 11.9 Å². The molecule has 0 bridgehead atoms. The number of hydrogen-bond acceptors (Lipinski definition) is 8. The van der Waals surface area contributed by atoms with E-state index >= 15 is 0 Å². The highest BCUT2D eigenvalue weighted by molar-refractivity contribution is 7.99. The van der Waals surface area contributed by atoms with Crippen LogP contribution in [0.2, 0.25) is 0 Å². The third-order valence-electron chi connectivity index (χ3n) is 3.82. The highest BCUT2D eigenvalue weighted by Crippen LogP contribution is 2.28. The highest BCUT2D eigenvalue weighted by Gasteiger charge is 2.31. The SMILES string of the molecule is CCCc1nc(COC(=O)c2sccc2S(=O)(=O)N2CCSCC2)cs1. The van der Waals surface area contributed by atoms with Gasteiger partial charge in [-0.05, 0) is 24.3 Å². The second-order valence-electron chi connectivity index (χ2n) is 5.69. The van der Waals surface area contributed by atoms with Crippen molar-refractivity contribution in [2.75, 3.05) is 24.6 Å². The summed E-state index contributed by atoms with van der Waals surface area (Å²) in [5.74, 6) is 0.926. The van der Waals surface area contributed by atoms with E-state index in [0.29, 0.717) is 18.8 Å². The van der Waals surface area contributed by atoms with Gasteiger partial charge in [-0.25, -0.2) is 18.2 Å². The first-order valence-corrected chi connectivity index (χ1v) is 12.6. The minimum absolute atomic E-state index is 0.0457. The lowest BCUT2D eigenvalue weighted by Gasteiger charge is -2.25. The maximum absolute atomic E-state index is 12.8. The largest absolute Gasteiger partial charge is 0.455 e. The first kappa shape index (κ1) is 19.8. The van der Waals surface area contributed by atoms with Crippen LogP contribution in [0.5, 0.6) is 0 Å². The number of aryl methyl sites for hydroxylation is 1. The monoisotopic (exact) mass is 432 g/mol. The summed E-state index contributed by atoms with van der Waals surface area (Å²) in [6.45, 7) is 3.07. The van der Waals surface area contributed by atoms with Crippen molar-refractivity contribution in [2.45, 2.75) is 31.3 Å². The summed E-state index contributed by atoms with van der Waals surface area (Å²) in [4.78, 5) is 17.0. The van der Waals surface area contributed by atoms with Crippen LogP contribution < -0.4 is 0 Å². The molecular weight excluding hydrogens is 412 g/mol. The van der Waals surface area contributed by atoms with Crippen molar-refractivity contribution < 1.29 is 17.9 Å². The van der Waals surface area contributed by atoms with Crippen LogP contribution in [0.4, 0.5) is 0 Å². The van der Waals surface area contributed by atoms with Gasteiger partial charge in [0.2, 0.25) is 10.0 Å². The molecule has 0 amide bonds. The van der Waals surface area contributed by atoms with Crippen LogP contribution >= 0.6 is 34.4 Å². The smallest absolute Gasteiger partial charge is 0.350 e. The van der Waals surface area contributed by atoms with Crippen molar-refractivity contribution in [1.29, 1.82) is 0 Å². The fourth-order valence-electron chi connectivity index (χ4n) is 2.52. The summed E-state index contributed by atoms with van der Waals surface area (Å²) in [6, 6.07) is 1.49. The summed E-state index contributed by atoms with van der Waals surface area (Å²) in [5.41, 5.74) is 0.695. The molecule has 0 radical (unpaired) electrons. The summed E-state index contributed by atoms with van der Waals surface area (Å²) >= 11 is 4.37. The minimum Gasteiger partial charge on any atom is -0.455 e. The lowest BCUT2D eigenvalue weighted by atomic mass is 10.3. The Bertz CT molecular complexity index is 853. The Morgan fingerprint density at radius 1 is 1.31 bits per heavy atom. The molecule has 6 nitrogen and oxygen atoms in total. The minimum atomic E-state index is -3.66. The van der Waals surface area contributed by atoms with E-state index in [1.54, 1.807) is 28.5 Å². The highest BCUT2D eigenvalue weighted by atomic mass is 32.2. The van der Waals surface area contributed by atoms with E-state index in [4.69, 9.17) is 4.74 Å². The van der Waals surface area contributed by atoms with Gasteiger partial charge < -0.3 is 4.74 Å². The van der Waals surface area contributed by atoms with Crippen molar-refractivity contribution in [2.24, 2.45) is 0 Å². The zero-order valence-corrected chi connectivity index (χ0v) is 17.6. The van der Waals surface area contributed by atoms with Gasteiger partial charge in [-0.1, -0.05) is 6.92 Å². The standard InChI is InChI=1S/C16H20N2O4S4/c1-2-3-14-17-12(11-25-14)10-22-16(19)15-13(4-7-24-15)26(20,21)18-5-8-23-9-6-18/h4,7,11H,2-3,5-6,8-10H2,1H3. The van der Waals surface area contributed by atoms with Crippen molar-refractivity contribution in [3.05, 3.63) is 32.4 Å². The second-order valence-corrected chi connectivity index (χ2v) is 10.7. The molecule has 3 heterocycles. The van der Waals surface area contributed by atoms with Gasteiger partial charge >= 0.3 is 5.97 Å². The fourth-order valence-corrected chi connectivity index (χ4v) is 7.27. The summed E-state index contributed by atoms with van der Waals surface area (Å²) < 4.78 is 32.4. The average molecular weight is 433 g/mol. The molecule has 3 rings (SSSR count). The molecule has 1 aliphatic rings. The van der Waals surface area contributed by atoms with Crippen LogP contribution in [-0.2, 0) is 27.8 Å². The average Bonchev–Trinajstić information content (AvgIpc) is 3.30. The number of thiophene rings is 1. The van der Waals surface area contributed by atoms with Crippen molar-refractivity contribution in [3.8, 4) is 0 Å². The Kier molecular flexibility index (Phi) is 6.73. The number of sulfonamides is 1. The first-order chi connectivity index (χ1) is 12.5. The van der Waals surface area contributed by atoms with E-state index in [-0.39, 0.29) is 16.4 Å². The molecule has 1 fully saturated rings. The van der Waals surface area contributed by atoms with E-state index in [1.807, 2.05) is 5.38 Å². The molecule has 0 spiro atoms. The van der Waals surface area contributed by atoms with E-state index in [1.165, 1.54) is 10.4 Å². The van der Waals surface area contributed by atoms with Gasteiger partial charge in [0.1, 0.15) is 16.4 Å². The van der Waals surface area contributed by atoms with Crippen LogP contribution in [0.15, 0.2) is 21.7 Å². The van der Waals surface area contributed by atoms with E-state index in [9.17, 15) is 13.2 Å². The number of hydrogen-bond donors (Lipinski definition) is 0. The molecule has 0 atom stereocenters. The molecule has 1 aliphatic heterocycles. The Hall–Kier alpha value is -0.940.